The van der Waals surface area contributed by atoms with Gasteiger partial charge in [-0.25, -0.2) is 0 Å². The Morgan fingerprint density at radius 1 is 0.688 bits per heavy atom. The van der Waals surface area contributed by atoms with Crippen LogP contribution in [-0.2, 0) is 11.4 Å². The van der Waals surface area contributed by atoms with Crippen molar-refractivity contribution in [1.29, 1.82) is 0 Å². The van der Waals surface area contributed by atoms with Gasteiger partial charge < -0.3 is 17.2 Å². The van der Waals surface area contributed by atoms with Gasteiger partial charge in [0.25, 0.3) is 0 Å². The molecular formula is C24H36O5SSi2. The highest BCUT2D eigenvalue weighted by Gasteiger charge is 2.40. The summed E-state index contributed by atoms with van der Waals surface area (Å²) < 4.78 is 36.5. The normalized spacial score (nSPS) is 15.1. The summed E-state index contributed by atoms with van der Waals surface area (Å²) in [5.74, 6) is 2.53. The van der Waals surface area contributed by atoms with Gasteiger partial charge in [-0.05, 0) is 72.7 Å². The highest BCUT2D eigenvalue weighted by atomic mass is 32.2. The smallest absolute Gasteiger partial charge is 0.417 e. The van der Waals surface area contributed by atoms with Crippen molar-refractivity contribution in [3.8, 4) is 34.1 Å². The van der Waals surface area contributed by atoms with Gasteiger partial charge in [-0.3, -0.25) is 0 Å². The van der Waals surface area contributed by atoms with E-state index in [0.717, 1.165) is 22.6 Å². The summed E-state index contributed by atoms with van der Waals surface area (Å²) in [6.07, 6.45) is 0. The maximum atomic E-state index is 12.3. The maximum absolute atomic E-state index is 12.3. The lowest BCUT2D eigenvalue weighted by Gasteiger charge is -2.36. The molecule has 0 radical (unpaired) electrons. The first-order valence-corrected chi connectivity index (χ1v) is 17.8. The lowest BCUT2D eigenvalue weighted by atomic mass is 10.0. The van der Waals surface area contributed by atoms with Crippen LogP contribution in [-0.4, -0.2) is 20.8 Å². The van der Waals surface area contributed by atoms with Crippen LogP contribution in [0.5, 0.6) is 23.0 Å². The third-order valence-corrected chi connectivity index (χ3v) is 16.2. The number of rotatable bonds is 4. The summed E-state index contributed by atoms with van der Waals surface area (Å²) in [5.41, 5.74) is 1.56. The number of benzene rings is 2. The lowest BCUT2D eigenvalue weighted by Crippen LogP contribution is -2.43. The SMILES string of the molecule is CC(C)(C)[Si](C)(C)Oc1ccc2c(c1)-c1cc(O[Si](C)(C)C(C)(C)C)ccc1OS(=O)O2. The van der Waals surface area contributed by atoms with E-state index in [1.807, 2.05) is 24.3 Å². The summed E-state index contributed by atoms with van der Waals surface area (Å²) in [7, 11) is -4.05. The minimum Gasteiger partial charge on any atom is -0.543 e. The van der Waals surface area contributed by atoms with Crippen LogP contribution in [0.4, 0.5) is 0 Å². The molecule has 1 aliphatic heterocycles. The fourth-order valence-corrected chi connectivity index (χ4v) is 5.43. The van der Waals surface area contributed by atoms with Gasteiger partial charge in [0.1, 0.15) is 11.5 Å². The van der Waals surface area contributed by atoms with E-state index in [4.69, 9.17) is 17.2 Å². The average Bonchev–Trinajstić information content (AvgIpc) is 2.74. The van der Waals surface area contributed by atoms with Gasteiger partial charge in [0.15, 0.2) is 11.5 Å². The molecule has 0 unspecified atom stereocenters. The molecule has 0 spiro atoms. The highest BCUT2D eigenvalue weighted by Crippen LogP contribution is 2.46. The van der Waals surface area contributed by atoms with Gasteiger partial charge in [-0.15, -0.1) is 0 Å². The molecular weight excluding hydrogens is 456 g/mol. The fraction of sp³-hybridized carbons (Fsp3) is 0.500. The van der Waals surface area contributed by atoms with Gasteiger partial charge in [-0.2, -0.15) is 4.21 Å². The molecule has 0 fully saturated rings. The largest absolute Gasteiger partial charge is 0.543 e. The van der Waals surface area contributed by atoms with Crippen molar-refractivity contribution in [2.75, 3.05) is 0 Å². The average molecular weight is 493 g/mol. The van der Waals surface area contributed by atoms with Crippen molar-refractivity contribution in [1.82, 2.24) is 0 Å². The van der Waals surface area contributed by atoms with Gasteiger partial charge in [0.05, 0.1) is 0 Å². The Morgan fingerprint density at radius 2 is 1.03 bits per heavy atom. The van der Waals surface area contributed by atoms with E-state index in [-0.39, 0.29) is 10.1 Å². The Kier molecular flexibility index (Phi) is 6.38. The van der Waals surface area contributed by atoms with Crippen LogP contribution in [0.1, 0.15) is 41.5 Å². The van der Waals surface area contributed by atoms with E-state index in [2.05, 4.69) is 67.7 Å². The highest BCUT2D eigenvalue weighted by molar-refractivity contribution is 7.76. The molecule has 8 heteroatoms. The molecule has 176 valence electrons. The van der Waals surface area contributed by atoms with E-state index in [9.17, 15) is 4.21 Å². The second kappa shape index (κ2) is 8.22. The second-order valence-corrected chi connectivity index (χ2v) is 21.6. The van der Waals surface area contributed by atoms with Crippen LogP contribution in [0.3, 0.4) is 0 Å². The predicted molar refractivity (Wildman–Crippen MR) is 137 cm³/mol. The molecule has 1 aliphatic rings. The summed E-state index contributed by atoms with van der Waals surface area (Å²) in [4.78, 5) is 0. The molecule has 2 aromatic carbocycles. The van der Waals surface area contributed by atoms with Crippen LogP contribution in [0.25, 0.3) is 11.1 Å². The van der Waals surface area contributed by atoms with Gasteiger partial charge in [0.2, 0.25) is 16.6 Å². The van der Waals surface area contributed by atoms with Crippen LogP contribution < -0.4 is 17.2 Å². The summed E-state index contributed by atoms with van der Waals surface area (Å²) >= 11 is -1.92. The zero-order valence-electron chi connectivity index (χ0n) is 20.9. The van der Waals surface area contributed by atoms with Crippen molar-refractivity contribution in [2.24, 2.45) is 0 Å². The monoisotopic (exact) mass is 492 g/mol. The standard InChI is InChI=1S/C24H36O5SSi2/c1-23(2,3)31(7,8)28-17-11-13-21-19(15-17)20-16-18(29-32(9,10)24(4,5)6)12-14-22(20)27-30(25)26-21/h11-16H,1-10H3. The first kappa shape index (κ1) is 24.9. The molecule has 0 bridgehead atoms. The molecule has 0 aliphatic carbocycles. The summed E-state index contributed by atoms with van der Waals surface area (Å²) in [5, 5.41) is 0.145. The fourth-order valence-electron chi connectivity index (χ4n) is 2.77. The predicted octanol–water partition coefficient (Wildman–Crippen LogP) is 7.47. The molecule has 32 heavy (non-hydrogen) atoms. The number of hydrogen-bond acceptors (Lipinski definition) is 5. The van der Waals surface area contributed by atoms with E-state index in [0.29, 0.717) is 11.5 Å². The number of fused-ring (bicyclic) bond motifs is 3. The molecule has 0 atom stereocenters. The molecule has 1 heterocycles. The van der Waals surface area contributed by atoms with Gasteiger partial charge in [-0.1, -0.05) is 41.5 Å². The Hall–Kier alpha value is -1.78. The third-order valence-electron chi connectivity index (χ3n) is 6.87. The van der Waals surface area contributed by atoms with Crippen LogP contribution in [0, 0.1) is 0 Å². The first-order chi connectivity index (χ1) is 14.5. The molecule has 0 saturated heterocycles. The molecule has 2 aromatic rings. The molecule has 0 saturated carbocycles. The Morgan fingerprint density at radius 3 is 1.34 bits per heavy atom. The molecule has 0 N–H and O–H groups in total. The van der Waals surface area contributed by atoms with Crippen molar-refractivity contribution in [3.63, 3.8) is 0 Å². The Bertz CT molecular complexity index is 954. The topological polar surface area (TPSA) is 54.0 Å². The minimum absolute atomic E-state index is 0.0724. The quantitative estimate of drug-likeness (QED) is 0.414. The minimum atomic E-state index is -2.02. The van der Waals surface area contributed by atoms with Crippen LogP contribution >= 0.6 is 0 Å². The van der Waals surface area contributed by atoms with E-state index >= 15 is 0 Å². The zero-order valence-corrected chi connectivity index (χ0v) is 23.7. The van der Waals surface area contributed by atoms with Crippen molar-refractivity contribution < 1.29 is 21.4 Å². The third kappa shape index (κ3) is 5.07. The Labute approximate surface area is 197 Å². The summed E-state index contributed by atoms with van der Waals surface area (Å²) in [6.45, 7) is 22.1. The summed E-state index contributed by atoms with van der Waals surface area (Å²) in [6, 6.07) is 11.3. The maximum Gasteiger partial charge on any atom is 0.417 e. The van der Waals surface area contributed by atoms with Crippen LogP contribution in [0.2, 0.25) is 36.3 Å². The first-order valence-electron chi connectivity index (χ1n) is 11.0. The second-order valence-electron chi connectivity index (χ2n) is 11.4. The number of hydrogen-bond donors (Lipinski definition) is 0. The molecule has 3 rings (SSSR count). The van der Waals surface area contributed by atoms with E-state index < -0.39 is 28.0 Å². The molecule has 0 aromatic heterocycles. The van der Waals surface area contributed by atoms with E-state index in [1.54, 1.807) is 12.1 Å². The lowest BCUT2D eigenvalue weighted by molar-refractivity contribution is 0.466. The van der Waals surface area contributed by atoms with Crippen molar-refractivity contribution >= 4 is 28.0 Å². The van der Waals surface area contributed by atoms with Crippen LogP contribution in [0.15, 0.2) is 36.4 Å². The van der Waals surface area contributed by atoms with Gasteiger partial charge >= 0.3 is 11.4 Å². The van der Waals surface area contributed by atoms with E-state index in [1.165, 1.54) is 0 Å². The zero-order chi connectivity index (χ0) is 24.1. The molecule has 0 amide bonds. The van der Waals surface area contributed by atoms with Crippen molar-refractivity contribution in [2.45, 2.75) is 77.8 Å². The van der Waals surface area contributed by atoms with Crippen molar-refractivity contribution in [3.05, 3.63) is 36.4 Å². The molecule has 5 nitrogen and oxygen atoms in total. The Balaban J connectivity index is 2.07. The van der Waals surface area contributed by atoms with Gasteiger partial charge in [0, 0.05) is 11.1 Å².